The Labute approximate surface area is 112 Å². The van der Waals surface area contributed by atoms with Gasteiger partial charge in [0.2, 0.25) is 0 Å². The zero-order chi connectivity index (χ0) is 12.4. The van der Waals surface area contributed by atoms with Crippen molar-refractivity contribution in [2.45, 2.75) is 45.2 Å². The van der Waals surface area contributed by atoms with E-state index >= 15 is 0 Å². The largest absolute Gasteiger partial charge is 0.368 e. The number of hydrogen-bond donors (Lipinski definition) is 1. The van der Waals surface area contributed by atoms with Gasteiger partial charge in [0.1, 0.15) is 0 Å². The Morgan fingerprint density at radius 2 is 2.29 bits per heavy atom. The number of nitrogens with zero attached hydrogens (tertiary/aromatic N) is 1. The zero-order valence-corrected chi connectivity index (χ0v) is 12.2. The van der Waals surface area contributed by atoms with Gasteiger partial charge in [-0.1, -0.05) is 13.0 Å². The molecule has 17 heavy (non-hydrogen) atoms. The topological polar surface area (TPSA) is 29.3 Å². The summed E-state index contributed by atoms with van der Waals surface area (Å²) in [5.41, 5.74) is 8.41. The van der Waals surface area contributed by atoms with Crippen LogP contribution in [0.3, 0.4) is 0 Å². The van der Waals surface area contributed by atoms with Crippen LogP contribution < -0.4 is 10.6 Å². The van der Waals surface area contributed by atoms with Crippen molar-refractivity contribution in [3.8, 4) is 0 Å². The fourth-order valence-electron chi connectivity index (χ4n) is 2.62. The maximum absolute atomic E-state index is 5.91. The van der Waals surface area contributed by atoms with Crippen LogP contribution >= 0.6 is 15.9 Å². The van der Waals surface area contributed by atoms with Crippen molar-refractivity contribution in [3.63, 3.8) is 0 Å². The van der Waals surface area contributed by atoms with Crippen LogP contribution in [0.5, 0.6) is 0 Å². The molecule has 1 fully saturated rings. The molecule has 1 aliphatic heterocycles. The van der Waals surface area contributed by atoms with E-state index in [2.05, 4.69) is 46.0 Å². The SMILES string of the molecule is CCC1CCCN1c1ccc([C@@H](C)N)cc1Br. The van der Waals surface area contributed by atoms with E-state index in [1.54, 1.807) is 0 Å². The lowest BCUT2D eigenvalue weighted by Gasteiger charge is -2.27. The second-order valence-electron chi connectivity index (χ2n) is 4.90. The minimum atomic E-state index is 0.0981. The first kappa shape index (κ1) is 12.9. The molecule has 1 aromatic rings. The third-order valence-electron chi connectivity index (χ3n) is 3.66. The number of hydrogen-bond acceptors (Lipinski definition) is 2. The predicted octanol–water partition coefficient (Wildman–Crippen LogP) is 3.85. The molecule has 0 amide bonds. The highest BCUT2D eigenvalue weighted by atomic mass is 79.9. The van der Waals surface area contributed by atoms with Crippen molar-refractivity contribution in [2.24, 2.45) is 5.73 Å². The fraction of sp³-hybridized carbons (Fsp3) is 0.571. The molecule has 0 saturated carbocycles. The van der Waals surface area contributed by atoms with E-state index in [9.17, 15) is 0 Å². The number of halogens is 1. The number of anilines is 1. The normalized spacial score (nSPS) is 21.9. The third kappa shape index (κ3) is 2.66. The second kappa shape index (κ2) is 5.40. The maximum atomic E-state index is 5.91. The van der Waals surface area contributed by atoms with Crippen LogP contribution in [0.25, 0.3) is 0 Å². The quantitative estimate of drug-likeness (QED) is 0.918. The molecular weight excluding hydrogens is 276 g/mol. The smallest absolute Gasteiger partial charge is 0.0513 e. The van der Waals surface area contributed by atoms with Gasteiger partial charge in [-0.05, 0) is 59.8 Å². The Morgan fingerprint density at radius 1 is 1.53 bits per heavy atom. The van der Waals surface area contributed by atoms with Crippen LogP contribution in [0, 0.1) is 0 Å². The minimum absolute atomic E-state index is 0.0981. The third-order valence-corrected chi connectivity index (χ3v) is 4.29. The molecule has 3 heteroatoms. The van der Waals surface area contributed by atoms with Crippen LogP contribution in [0.2, 0.25) is 0 Å². The second-order valence-corrected chi connectivity index (χ2v) is 5.75. The Kier molecular flexibility index (Phi) is 4.10. The maximum Gasteiger partial charge on any atom is 0.0513 e. The van der Waals surface area contributed by atoms with Crippen LogP contribution in [-0.2, 0) is 0 Å². The highest BCUT2D eigenvalue weighted by molar-refractivity contribution is 9.10. The Balaban J connectivity index is 2.27. The predicted molar refractivity (Wildman–Crippen MR) is 77.4 cm³/mol. The van der Waals surface area contributed by atoms with Crippen LogP contribution in [-0.4, -0.2) is 12.6 Å². The van der Waals surface area contributed by atoms with Gasteiger partial charge in [0.25, 0.3) is 0 Å². The molecule has 0 aliphatic carbocycles. The standard InChI is InChI=1S/C14H21BrN2/c1-3-12-5-4-8-17(12)14-7-6-11(10(2)16)9-13(14)15/h6-7,9-10,12H,3-5,8,16H2,1-2H3/t10-,12?/m1/s1. The van der Waals surface area contributed by atoms with E-state index in [1.165, 1.54) is 41.5 Å². The molecule has 94 valence electrons. The van der Waals surface area contributed by atoms with Crippen molar-refractivity contribution in [2.75, 3.05) is 11.4 Å². The van der Waals surface area contributed by atoms with Crippen molar-refractivity contribution in [3.05, 3.63) is 28.2 Å². The highest BCUT2D eigenvalue weighted by Crippen LogP contribution is 2.34. The van der Waals surface area contributed by atoms with Crippen molar-refractivity contribution < 1.29 is 0 Å². The number of rotatable bonds is 3. The molecule has 0 radical (unpaired) electrons. The molecule has 0 bridgehead atoms. The molecule has 2 N–H and O–H groups in total. The molecule has 1 heterocycles. The molecule has 1 saturated heterocycles. The van der Waals surface area contributed by atoms with E-state index in [1.807, 2.05) is 6.92 Å². The van der Waals surface area contributed by atoms with E-state index in [-0.39, 0.29) is 6.04 Å². The minimum Gasteiger partial charge on any atom is -0.368 e. The fourth-order valence-corrected chi connectivity index (χ4v) is 3.24. The van der Waals surface area contributed by atoms with Crippen LogP contribution in [0.4, 0.5) is 5.69 Å². The van der Waals surface area contributed by atoms with E-state index < -0.39 is 0 Å². The average molecular weight is 297 g/mol. The lowest BCUT2D eigenvalue weighted by atomic mass is 10.1. The average Bonchev–Trinajstić information content (AvgIpc) is 2.76. The summed E-state index contributed by atoms with van der Waals surface area (Å²) in [6.45, 7) is 5.47. The summed E-state index contributed by atoms with van der Waals surface area (Å²) < 4.78 is 1.17. The van der Waals surface area contributed by atoms with Crippen molar-refractivity contribution in [1.82, 2.24) is 0 Å². The molecule has 0 spiro atoms. The van der Waals surface area contributed by atoms with Gasteiger partial charge in [0, 0.05) is 23.1 Å². The van der Waals surface area contributed by atoms with Gasteiger partial charge >= 0.3 is 0 Å². The van der Waals surface area contributed by atoms with Gasteiger partial charge in [-0.25, -0.2) is 0 Å². The van der Waals surface area contributed by atoms with E-state index in [0.29, 0.717) is 6.04 Å². The van der Waals surface area contributed by atoms with Gasteiger partial charge < -0.3 is 10.6 Å². The lowest BCUT2D eigenvalue weighted by molar-refractivity contribution is 0.644. The van der Waals surface area contributed by atoms with Gasteiger partial charge in [0.15, 0.2) is 0 Å². The van der Waals surface area contributed by atoms with Gasteiger partial charge in [-0.2, -0.15) is 0 Å². The summed E-state index contributed by atoms with van der Waals surface area (Å²) in [6.07, 6.45) is 3.85. The molecule has 2 atom stereocenters. The van der Waals surface area contributed by atoms with Gasteiger partial charge in [-0.15, -0.1) is 0 Å². The molecule has 2 nitrogen and oxygen atoms in total. The summed E-state index contributed by atoms with van der Waals surface area (Å²) in [7, 11) is 0. The van der Waals surface area contributed by atoms with E-state index in [4.69, 9.17) is 5.73 Å². The Morgan fingerprint density at radius 3 is 2.88 bits per heavy atom. The monoisotopic (exact) mass is 296 g/mol. The van der Waals surface area contributed by atoms with Crippen LogP contribution in [0.1, 0.15) is 44.7 Å². The Bertz CT molecular complexity index is 390. The summed E-state index contributed by atoms with van der Waals surface area (Å²) in [6, 6.07) is 7.31. The molecule has 1 aliphatic rings. The number of nitrogens with two attached hydrogens (primary N) is 1. The molecule has 1 aromatic carbocycles. The molecule has 1 unspecified atom stereocenters. The summed E-state index contributed by atoms with van der Waals surface area (Å²) in [4.78, 5) is 2.52. The van der Waals surface area contributed by atoms with E-state index in [0.717, 1.165) is 0 Å². The molecule has 0 aromatic heterocycles. The van der Waals surface area contributed by atoms with Gasteiger partial charge in [0.05, 0.1) is 5.69 Å². The highest BCUT2D eigenvalue weighted by Gasteiger charge is 2.24. The Hall–Kier alpha value is -0.540. The lowest BCUT2D eigenvalue weighted by Crippen LogP contribution is -2.28. The summed E-state index contributed by atoms with van der Waals surface area (Å²) in [5.74, 6) is 0. The van der Waals surface area contributed by atoms with Gasteiger partial charge in [-0.3, -0.25) is 0 Å². The first-order valence-corrected chi connectivity index (χ1v) is 7.24. The zero-order valence-electron chi connectivity index (χ0n) is 10.6. The van der Waals surface area contributed by atoms with Crippen LogP contribution in [0.15, 0.2) is 22.7 Å². The molecular formula is C14H21BrN2. The van der Waals surface area contributed by atoms with Crippen molar-refractivity contribution >= 4 is 21.6 Å². The van der Waals surface area contributed by atoms with Crippen molar-refractivity contribution in [1.29, 1.82) is 0 Å². The molecule has 2 rings (SSSR count). The first-order valence-electron chi connectivity index (χ1n) is 6.45. The number of benzene rings is 1. The first-order chi connectivity index (χ1) is 8.13. The summed E-state index contributed by atoms with van der Waals surface area (Å²) >= 11 is 3.68. The summed E-state index contributed by atoms with van der Waals surface area (Å²) in [5, 5.41) is 0.